The van der Waals surface area contributed by atoms with Crippen molar-refractivity contribution in [3.05, 3.63) is 40.0 Å². The molecule has 1 aromatic carbocycles. The maximum atomic E-state index is 12.4. The Morgan fingerprint density at radius 1 is 1.43 bits per heavy atom. The van der Waals surface area contributed by atoms with E-state index in [4.69, 9.17) is 0 Å². The third-order valence-electron chi connectivity index (χ3n) is 2.82. The first kappa shape index (κ1) is 17.5. The molecule has 0 atom stereocenters. The Bertz CT molecular complexity index is 565. The highest BCUT2D eigenvalue weighted by Crippen LogP contribution is 2.21. The number of hydrogen-bond donors (Lipinski definition) is 2. The molecule has 0 fully saturated rings. The van der Waals surface area contributed by atoms with Gasteiger partial charge in [-0.2, -0.15) is 0 Å². The van der Waals surface area contributed by atoms with Gasteiger partial charge in [-0.25, -0.2) is 9.59 Å². The minimum atomic E-state index is -1.07. The first-order valence-corrected chi connectivity index (χ1v) is 7.47. The third-order valence-corrected chi connectivity index (χ3v) is 3.49. The van der Waals surface area contributed by atoms with Crippen molar-refractivity contribution in [3.8, 4) is 0 Å². The number of nitrogens with zero attached hydrogens (tertiary/aromatic N) is 1. The second kappa shape index (κ2) is 6.93. The summed E-state index contributed by atoms with van der Waals surface area (Å²) in [7, 11) is 0. The van der Waals surface area contributed by atoms with Crippen LogP contribution in [-0.4, -0.2) is 34.1 Å². The third kappa shape index (κ3) is 4.73. The van der Waals surface area contributed by atoms with E-state index in [9.17, 15) is 14.7 Å². The lowest BCUT2D eigenvalue weighted by Crippen LogP contribution is -2.47. The minimum Gasteiger partial charge on any atom is -0.478 e. The molecule has 114 valence electrons. The van der Waals surface area contributed by atoms with Gasteiger partial charge in [0.15, 0.2) is 0 Å². The molecule has 0 aliphatic carbocycles. The molecule has 1 rings (SSSR count). The number of aromatic carboxylic acids is 1. The summed E-state index contributed by atoms with van der Waals surface area (Å²) in [4.78, 5) is 25.2. The standard InChI is InChI=1S/C15H19IN2O3/c1-5-8-18(15(2,3)4)14(21)17-12-7-6-10(16)9-11(12)13(19)20/h5-7,9H,1,8H2,2-4H3,(H,17,21)(H,19,20). The van der Waals surface area contributed by atoms with Crippen molar-refractivity contribution in [1.29, 1.82) is 0 Å². The lowest BCUT2D eigenvalue weighted by atomic mass is 10.1. The Kier molecular flexibility index (Phi) is 5.77. The molecule has 6 heteroatoms. The Balaban J connectivity index is 3.07. The van der Waals surface area contributed by atoms with E-state index in [0.717, 1.165) is 3.57 Å². The lowest BCUT2D eigenvalue weighted by molar-refractivity contribution is 0.0698. The highest BCUT2D eigenvalue weighted by atomic mass is 127. The summed E-state index contributed by atoms with van der Waals surface area (Å²) >= 11 is 2.03. The number of urea groups is 1. The van der Waals surface area contributed by atoms with Crippen LogP contribution in [0.4, 0.5) is 10.5 Å². The number of anilines is 1. The molecule has 0 bridgehead atoms. The molecular formula is C15H19IN2O3. The number of carbonyl (C=O) groups is 2. The zero-order valence-electron chi connectivity index (χ0n) is 12.3. The van der Waals surface area contributed by atoms with Crippen LogP contribution in [-0.2, 0) is 0 Å². The number of nitrogens with one attached hydrogen (secondary N) is 1. The molecule has 2 amide bonds. The molecule has 0 unspecified atom stereocenters. The Morgan fingerprint density at radius 3 is 2.52 bits per heavy atom. The number of amides is 2. The molecule has 1 aromatic rings. The van der Waals surface area contributed by atoms with Crippen LogP contribution in [0.25, 0.3) is 0 Å². The fourth-order valence-corrected chi connectivity index (χ4v) is 2.27. The van der Waals surface area contributed by atoms with Gasteiger partial charge < -0.3 is 15.3 Å². The van der Waals surface area contributed by atoms with E-state index in [1.54, 1.807) is 23.1 Å². The van der Waals surface area contributed by atoms with E-state index in [1.807, 2.05) is 43.4 Å². The number of rotatable bonds is 4. The summed E-state index contributed by atoms with van der Waals surface area (Å²) in [5, 5.41) is 11.9. The molecular weight excluding hydrogens is 383 g/mol. The first-order valence-electron chi connectivity index (χ1n) is 6.39. The second-order valence-electron chi connectivity index (χ2n) is 5.50. The van der Waals surface area contributed by atoms with Crippen LogP contribution in [0.5, 0.6) is 0 Å². The molecule has 0 saturated carbocycles. The predicted molar refractivity (Wildman–Crippen MR) is 91.8 cm³/mol. The normalized spacial score (nSPS) is 10.9. The number of benzene rings is 1. The van der Waals surface area contributed by atoms with Crippen LogP contribution in [0, 0.1) is 3.57 Å². The molecule has 0 aromatic heterocycles. The average Bonchev–Trinajstić information content (AvgIpc) is 2.36. The quantitative estimate of drug-likeness (QED) is 0.595. The summed E-state index contributed by atoms with van der Waals surface area (Å²) in [5.74, 6) is -1.07. The maximum Gasteiger partial charge on any atom is 0.337 e. The summed E-state index contributed by atoms with van der Waals surface area (Å²) in [5.41, 5.74) is -0.0425. The SMILES string of the molecule is C=CCN(C(=O)Nc1ccc(I)cc1C(=O)O)C(C)(C)C. The van der Waals surface area contributed by atoms with E-state index in [-0.39, 0.29) is 17.3 Å². The number of halogens is 1. The van der Waals surface area contributed by atoms with Crippen LogP contribution in [0.1, 0.15) is 31.1 Å². The van der Waals surface area contributed by atoms with E-state index in [0.29, 0.717) is 6.54 Å². The topological polar surface area (TPSA) is 69.6 Å². The number of carboxylic acid groups (broad SMARTS) is 1. The number of hydrogen-bond acceptors (Lipinski definition) is 2. The summed E-state index contributed by atoms with van der Waals surface area (Å²) in [6, 6.07) is 4.51. The Morgan fingerprint density at radius 2 is 2.05 bits per heavy atom. The van der Waals surface area contributed by atoms with Crippen molar-refractivity contribution >= 4 is 40.3 Å². The van der Waals surface area contributed by atoms with Gasteiger partial charge in [0, 0.05) is 15.7 Å². The lowest BCUT2D eigenvalue weighted by Gasteiger charge is -2.35. The van der Waals surface area contributed by atoms with Crippen molar-refractivity contribution in [2.45, 2.75) is 26.3 Å². The molecule has 0 spiro atoms. The van der Waals surface area contributed by atoms with Crippen LogP contribution < -0.4 is 5.32 Å². The van der Waals surface area contributed by atoms with Crippen molar-refractivity contribution < 1.29 is 14.7 Å². The van der Waals surface area contributed by atoms with Gasteiger partial charge in [0.05, 0.1) is 11.3 Å². The molecule has 0 heterocycles. The maximum absolute atomic E-state index is 12.4. The van der Waals surface area contributed by atoms with Crippen LogP contribution in [0.15, 0.2) is 30.9 Å². The average molecular weight is 402 g/mol. The van der Waals surface area contributed by atoms with E-state index in [2.05, 4.69) is 11.9 Å². The first-order chi connectivity index (χ1) is 9.66. The molecule has 21 heavy (non-hydrogen) atoms. The van der Waals surface area contributed by atoms with Gasteiger partial charge in [0.25, 0.3) is 0 Å². The summed E-state index contributed by atoms with van der Waals surface area (Å²) in [6.07, 6.45) is 1.64. The van der Waals surface area contributed by atoms with Gasteiger partial charge in [-0.15, -0.1) is 6.58 Å². The largest absolute Gasteiger partial charge is 0.478 e. The smallest absolute Gasteiger partial charge is 0.337 e. The monoisotopic (exact) mass is 402 g/mol. The van der Waals surface area contributed by atoms with Gasteiger partial charge in [-0.05, 0) is 61.6 Å². The summed E-state index contributed by atoms with van der Waals surface area (Å²) < 4.78 is 0.793. The fraction of sp³-hybridized carbons (Fsp3) is 0.333. The Hall–Kier alpha value is -1.57. The molecule has 5 nitrogen and oxygen atoms in total. The van der Waals surface area contributed by atoms with Gasteiger partial charge in [0.1, 0.15) is 0 Å². The van der Waals surface area contributed by atoms with Crippen molar-refractivity contribution in [2.24, 2.45) is 0 Å². The van der Waals surface area contributed by atoms with Gasteiger partial charge in [-0.1, -0.05) is 6.08 Å². The second-order valence-corrected chi connectivity index (χ2v) is 6.74. The van der Waals surface area contributed by atoms with E-state index in [1.165, 1.54) is 6.07 Å². The van der Waals surface area contributed by atoms with E-state index < -0.39 is 11.5 Å². The van der Waals surface area contributed by atoms with Gasteiger partial charge in [0.2, 0.25) is 0 Å². The van der Waals surface area contributed by atoms with Crippen molar-refractivity contribution in [2.75, 3.05) is 11.9 Å². The molecule has 0 radical (unpaired) electrons. The van der Waals surface area contributed by atoms with Crippen molar-refractivity contribution in [3.63, 3.8) is 0 Å². The van der Waals surface area contributed by atoms with Crippen LogP contribution >= 0.6 is 22.6 Å². The summed E-state index contributed by atoms with van der Waals surface area (Å²) in [6.45, 7) is 9.74. The zero-order chi connectivity index (χ0) is 16.2. The molecule has 2 N–H and O–H groups in total. The zero-order valence-corrected chi connectivity index (χ0v) is 14.5. The van der Waals surface area contributed by atoms with Crippen LogP contribution in [0.3, 0.4) is 0 Å². The van der Waals surface area contributed by atoms with Crippen molar-refractivity contribution in [1.82, 2.24) is 4.90 Å². The number of carboxylic acids is 1. The molecule has 0 aliphatic rings. The highest BCUT2D eigenvalue weighted by Gasteiger charge is 2.26. The minimum absolute atomic E-state index is 0.0720. The van der Waals surface area contributed by atoms with E-state index >= 15 is 0 Å². The predicted octanol–water partition coefficient (Wildman–Crippen LogP) is 3.81. The molecule has 0 saturated heterocycles. The van der Waals surface area contributed by atoms with Gasteiger partial charge in [-0.3, -0.25) is 0 Å². The fourth-order valence-electron chi connectivity index (χ4n) is 1.78. The molecule has 0 aliphatic heterocycles. The number of carbonyl (C=O) groups excluding carboxylic acids is 1. The van der Waals surface area contributed by atoms with Gasteiger partial charge >= 0.3 is 12.0 Å². The van der Waals surface area contributed by atoms with Crippen LogP contribution in [0.2, 0.25) is 0 Å². The Labute approximate surface area is 138 Å². The highest BCUT2D eigenvalue weighted by molar-refractivity contribution is 14.1.